The van der Waals surface area contributed by atoms with Gasteiger partial charge in [0.05, 0.1) is 19.0 Å². The van der Waals surface area contributed by atoms with Crippen LogP contribution in [0.5, 0.6) is 0 Å². The zero-order valence-electron chi connectivity index (χ0n) is 15.4. The smallest absolute Gasteiger partial charge is 0.262 e. The van der Waals surface area contributed by atoms with E-state index in [1.54, 1.807) is 18.7 Å². The minimum absolute atomic E-state index is 0.0798. The number of carbonyl (C=O) groups excluding carboxylic acids is 1. The van der Waals surface area contributed by atoms with Crippen molar-refractivity contribution in [3.8, 4) is 0 Å². The first-order valence-electron chi connectivity index (χ1n) is 8.93. The molecule has 2 saturated heterocycles. The summed E-state index contributed by atoms with van der Waals surface area (Å²) in [6.07, 6.45) is 4.50. The van der Waals surface area contributed by atoms with Gasteiger partial charge >= 0.3 is 0 Å². The summed E-state index contributed by atoms with van der Waals surface area (Å²) < 4.78 is 33.7. The fourth-order valence-electron chi connectivity index (χ4n) is 3.60. The molecule has 1 atom stereocenters. The molecule has 1 aromatic rings. The maximum absolute atomic E-state index is 12.8. The summed E-state index contributed by atoms with van der Waals surface area (Å²) in [6, 6.07) is -0.149. The minimum Gasteiger partial charge on any atom is -0.383 e. The molecule has 0 spiro atoms. The highest BCUT2D eigenvalue weighted by Gasteiger charge is 2.37. The molecule has 9 nitrogen and oxygen atoms in total. The second kappa shape index (κ2) is 8.03. The summed E-state index contributed by atoms with van der Waals surface area (Å²) in [5, 5.41) is 0.0798. The van der Waals surface area contributed by atoms with Gasteiger partial charge in [-0.25, -0.2) is 13.4 Å². The van der Waals surface area contributed by atoms with E-state index < -0.39 is 10.0 Å². The lowest BCUT2D eigenvalue weighted by Gasteiger charge is -2.26. The average Bonchev–Trinajstić information content (AvgIpc) is 3.11. The molecule has 2 fully saturated rings. The van der Waals surface area contributed by atoms with Gasteiger partial charge in [-0.15, -0.1) is 0 Å². The quantitative estimate of drug-likeness (QED) is 0.648. The molecular formula is C16H27N5O4S. The highest BCUT2D eigenvalue weighted by atomic mass is 32.2. The van der Waals surface area contributed by atoms with E-state index in [9.17, 15) is 13.2 Å². The van der Waals surface area contributed by atoms with Crippen LogP contribution in [0.4, 0.5) is 0 Å². The predicted octanol–water partition coefficient (Wildman–Crippen LogP) is -0.636. The van der Waals surface area contributed by atoms with E-state index in [4.69, 9.17) is 4.74 Å². The van der Waals surface area contributed by atoms with Crippen molar-refractivity contribution in [3.05, 3.63) is 12.5 Å². The average molecular weight is 385 g/mol. The SMILES string of the molecule is COCCN1CCC(N2CCCN(S(=O)(=O)c3cn(C)cn3)CC2)C1=O. The Bertz CT molecular complexity index is 735. The van der Waals surface area contributed by atoms with Gasteiger partial charge in [0.1, 0.15) is 0 Å². The van der Waals surface area contributed by atoms with Gasteiger partial charge in [0, 0.05) is 59.6 Å². The summed E-state index contributed by atoms with van der Waals surface area (Å²) in [4.78, 5) is 20.6. The van der Waals surface area contributed by atoms with Crippen molar-refractivity contribution < 1.29 is 17.9 Å². The molecule has 26 heavy (non-hydrogen) atoms. The number of rotatable bonds is 6. The third-order valence-electron chi connectivity index (χ3n) is 5.05. The predicted molar refractivity (Wildman–Crippen MR) is 95.0 cm³/mol. The summed E-state index contributed by atoms with van der Waals surface area (Å²) in [5.41, 5.74) is 0. The van der Waals surface area contributed by atoms with Crippen LogP contribution in [0.3, 0.4) is 0 Å². The number of nitrogens with zero attached hydrogens (tertiary/aromatic N) is 5. The molecule has 1 amide bonds. The van der Waals surface area contributed by atoms with Crippen molar-refractivity contribution >= 4 is 15.9 Å². The van der Waals surface area contributed by atoms with Crippen LogP contribution in [0.1, 0.15) is 12.8 Å². The van der Waals surface area contributed by atoms with E-state index in [-0.39, 0.29) is 17.0 Å². The number of aryl methyl sites for hydroxylation is 1. The molecule has 2 aliphatic rings. The van der Waals surface area contributed by atoms with Crippen molar-refractivity contribution in [2.75, 3.05) is 53.0 Å². The maximum Gasteiger partial charge on any atom is 0.262 e. The Hall–Kier alpha value is -1.49. The number of ether oxygens (including phenoxy) is 1. The van der Waals surface area contributed by atoms with Crippen LogP contribution in [-0.4, -0.2) is 97.0 Å². The number of imidazole rings is 1. The molecule has 146 valence electrons. The van der Waals surface area contributed by atoms with Gasteiger partial charge in [0.2, 0.25) is 5.91 Å². The minimum atomic E-state index is -3.58. The Morgan fingerprint density at radius 1 is 1.23 bits per heavy atom. The molecular weight excluding hydrogens is 358 g/mol. The first kappa shape index (κ1) is 19.3. The Kier molecular flexibility index (Phi) is 5.96. The Morgan fingerprint density at radius 3 is 2.73 bits per heavy atom. The van der Waals surface area contributed by atoms with Crippen LogP contribution in [-0.2, 0) is 26.6 Å². The number of amides is 1. The molecule has 10 heteroatoms. The molecule has 0 aromatic carbocycles. The fourth-order valence-corrected chi connectivity index (χ4v) is 5.04. The third-order valence-corrected chi connectivity index (χ3v) is 6.83. The Labute approximate surface area is 154 Å². The highest BCUT2D eigenvalue weighted by molar-refractivity contribution is 7.89. The number of methoxy groups -OCH3 is 1. The molecule has 0 N–H and O–H groups in total. The molecule has 2 aliphatic heterocycles. The second-order valence-corrected chi connectivity index (χ2v) is 8.68. The number of sulfonamides is 1. The molecule has 1 unspecified atom stereocenters. The van der Waals surface area contributed by atoms with E-state index in [2.05, 4.69) is 9.88 Å². The fraction of sp³-hybridized carbons (Fsp3) is 0.750. The normalized spacial score (nSPS) is 23.5. The largest absolute Gasteiger partial charge is 0.383 e. The van der Waals surface area contributed by atoms with E-state index in [0.717, 1.165) is 19.5 Å². The summed E-state index contributed by atoms with van der Waals surface area (Å²) in [7, 11) is -0.209. The van der Waals surface area contributed by atoms with Crippen molar-refractivity contribution in [2.45, 2.75) is 23.9 Å². The van der Waals surface area contributed by atoms with Gasteiger partial charge in [-0.05, 0) is 12.8 Å². The van der Waals surface area contributed by atoms with Gasteiger partial charge in [0.15, 0.2) is 5.03 Å². The van der Waals surface area contributed by atoms with Crippen molar-refractivity contribution in [2.24, 2.45) is 7.05 Å². The lowest BCUT2D eigenvalue weighted by atomic mass is 10.2. The first-order valence-corrected chi connectivity index (χ1v) is 10.4. The molecule has 0 aliphatic carbocycles. The van der Waals surface area contributed by atoms with Crippen LogP contribution >= 0.6 is 0 Å². The number of aromatic nitrogens is 2. The summed E-state index contributed by atoms with van der Waals surface area (Å²) >= 11 is 0. The van der Waals surface area contributed by atoms with Crippen molar-refractivity contribution in [1.82, 2.24) is 23.7 Å². The third kappa shape index (κ3) is 3.93. The van der Waals surface area contributed by atoms with E-state index in [1.807, 2.05) is 4.90 Å². The maximum atomic E-state index is 12.8. The lowest BCUT2D eigenvalue weighted by molar-refractivity contribution is -0.132. The van der Waals surface area contributed by atoms with Gasteiger partial charge in [-0.1, -0.05) is 0 Å². The van der Waals surface area contributed by atoms with Crippen molar-refractivity contribution in [3.63, 3.8) is 0 Å². The van der Waals surface area contributed by atoms with Gasteiger partial charge in [0.25, 0.3) is 10.0 Å². The van der Waals surface area contributed by atoms with Gasteiger partial charge in [-0.3, -0.25) is 9.69 Å². The molecule has 0 radical (unpaired) electrons. The van der Waals surface area contributed by atoms with Crippen LogP contribution in [0, 0.1) is 0 Å². The second-order valence-electron chi connectivity index (χ2n) is 6.79. The Morgan fingerprint density at radius 2 is 2.04 bits per heavy atom. The molecule has 3 rings (SSSR count). The highest BCUT2D eigenvalue weighted by Crippen LogP contribution is 2.21. The van der Waals surface area contributed by atoms with Crippen LogP contribution in [0.15, 0.2) is 17.6 Å². The topological polar surface area (TPSA) is 88.0 Å². The molecule has 1 aromatic heterocycles. The van der Waals surface area contributed by atoms with Crippen molar-refractivity contribution in [1.29, 1.82) is 0 Å². The number of carbonyl (C=O) groups is 1. The van der Waals surface area contributed by atoms with E-state index in [0.29, 0.717) is 39.2 Å². The van der Waals surface area contributed by atoms with Crippen LogP contribution in [0.25, 0.3) is 0 Å². The van der Waals surface area contributed by atoms with Gasteiger partial charge in [-0.2, -0.15) is 4.31 Å². The molecule has 0 saturated carbocycles. The van der Waals surface area contributed by atoms with E-state index >= 15 is 0 Å². The summed E-state index contributed by atoms with van der Waals surface area (Å²) in [5.74, 6) is 0.128. The number of hydrogen-bond donors (Lipinski definition) is 0. The Balaban J connectivity index is 1.63. The van der Waals surface area contributed by atoms with E-state index in [1.165, 1.54) is 16.8 Å². The first-order chi connectivity index (χ1) is 12.4. The summed E-state index contributed by atoms with van der Waals surface area (Å²) in [6.45, 7) is 3.99. The number of likely N-dealkylation sites (tertiary alicyclic amines) is 1. The van der Waals surface area contributed by atoms with Crippen LogP contribution in [0.2, 0.25) is 0 Å². The standard InChI is InChI=1S/C16H27N5O4S/c1-18-12-15(17-13-18)26(23,24)21-6-3-5-19(8-9-21)14-4-7-20(16(14)22)10-11-25-2/h12-14H,3-11H2,1-2H3. The molecule has 0 bridgehead atoms. The van der Waals surface area contributed by atoms with Crippen LogP contribution < -0.4 is 0 Å². The monoisotopic (exact) mass is 385 g/mol. The molecule has 3 heterocycles. The van der Waals surface area contributed by atoms with Gasteiger partial charge < -0.3 is 14.2 Å². The number of hydrogen-bond acceptors (Lipinski definition) is 6. The zero-order valence-corrected chi connectivity index (χ0v) is 16.2. The lowest BCUT2D eigenvalue weighted by Crippen LogP contribution is -2.44. The zero-order chi connectivity index (χ0) is 18.7.